The molecule has 1 atom stereocenters. The van der Waals surface area contributed by atoms with Crippen LogP contribution in [0.15, 0.2) is 12.6 Å². The minimum absolute atomic E-state index is 0.930. The van der Waals surface area contributed by atoms with Gasteiger partial charge in [0.15, 0.2) is 0 Å². The molecule has 0 N–H and O–H groups in total. The maximum Gasteiger partial charge on any atom is -0.0188 e. The van der Waals surface area contributed by atoms with E-state index in [9.17, 15) is 0 Å². The predicted octanol–water partition coefficient (Wildman–Crippen LogP) is 3.23. The van der Waals surface area contributed by atoms with E-state index in [4.69, 9.17) is 0 Å². The fourth-order valence-corrected chi connectivity index (χ4v) is 2.34. The minimum atomic E-state index is 0.930. The SMILES string of the molecule is C=Cc1cc(C)[pH]c1CC. The molecule has 0 aliphatic carbocycles. The molecular weight excluding hydrogens is 139 g/mol. The van der Waals surface area contributed by atoms with Gasteiger partial charge in [-0.15, -0.1) is 8.19 Å². The smallest absolute Gasteiger partial charge is 0.0188 e. The van der Waals surface area contributed by atoms with Crippen molar-refractivity contribution in [3.63, 3.8) is 0 Å². The van der Waals surface area contributed by atoms with Crippen molar-refractivity contribution >= 4 is 14.3 Å². The van der Waals surface area contributed by atoms with E-state index < -0.39 is 0 Å². The van der Waals surface area contributed by atoms with Crippen molar-refractivity contribution < 1.29 is 0 Å². The summed E-state index contributed by atoms with van der Waals surface area (Å²) in [7, 11) is 0.930. The molecular formula is C9H13P. The Morgan fingerprint density at radius 1 is 1.70 bits per heavy atom. The van der Waals surface area contributed by atoms with Gasteiger partial charge in [0.05, 0.1) is 0 Å². The summed E-state index contributed by atoms with van der Waals surface area (Å²) in [5.41, 5.74) is 1.36. The Bertz CT molecular complexity index is 233. The quantitative estimate of drug-likeness (QED) is 0.610. The topological polar surface area (TPSA) is 0 Å². The summed E-state index contributed by atoms with van der Waals surface area (Å²) in [5.74, 6) is 0. The van der Waals surface area contributed by atoms with Crippen molar-refractivity contribution in [1.29, 1.82) is 0 Å². The molecule has 1 aromatic rings. The van der Waals surface area contributed by atoms with Crippen LogP contribution in [0.5, 0.6) is 0 Å². The Morgan fingerprint density at radius 2 is 2.40 bits per heavy atom. The van der Waals surface area contributed by atoms with Crippen molar-refractivity contribution in [3.8, 4) is 0 Å². The molecule has 0 spiro atoms. The second-order valence-electron chi connectivity index (χ2n) is 2.44. The van der Waals surface area contributed by atoms with Gasteiger partial charge in [0.2, 0.25) is 0 Å². The minimum Gasteiger partial charge on any atom is -0.133 e. The van der Waals surface area contributed by atoms with Crippen LogP contribution in [0.25, 0.3) is 6.08 Å². The van der Waals surface area contributed by atoms with Crippen molar-refractivity contribution in [1.82, 2.24) is 0 Å². The zero-order valence-electron chi connectivity index (χ0n) is 6.57. The van der Waals surface area contributed by atoms with Crippen LogP contribution in [0, 0.1) is 6.92 Å². The maximum atomic E-state index is 3.78. The molecule has 1 heterocycles. The number of aryl methyl sites for hydroxylation is 2. The van der Waals surface area contributed by atoms with Gasteiger partial charge >= 0.3 is 0 Å². The highest BCUT2D eigenvalue weighted by atomic mass is 31.0. The summed E-state index contributed by atoms with van der Waals surface area (Å²) >= 11 is 0. The number of hydrogen-bond acceptors (Lipinski definition) is 0. The Balaban J connectivity index is 3.08. The largest absolute Gasteiger partial charge is 0.133 e. The second kappa shape index (κ2) is 3.07. The number of hydrogen-bond donors (Lipinski definition) is 0. The molecule has 1 unspecified atom stereocenters. The van der Waals surface area contributed by atoms with E-state index >= 15 is 0 Å². The van der Waals surface area contributed by atoms with Gasteiger partial charge in [0.25, 0.3) is 0 Å². The van der Waals surface area contributed by atoms with Crippen LogP contribution in [-0.4, -0.2) is 0 Å². The van der Waals surface area contributed by atoms with Crippen LogP contribution in [0.1, 0.15) is 23.1 Å². The molecule has 0 saturated heterocycles. The lowest BCUT2D eigenvalue weighted by molar-refractivity contribution is 1.18. The second-order valence-corrected chi connectivity index (χ2v) is 4.09. The third kappa shape index (κ3) is 1.33. The molecule has 54 valence electrons. The fraction of sp³-hybridized carbons (Fsp3) is 0.333. The summed E-state index contributed by atoms with van der Waals surface area (Å²) in [4.78, 5) is 0. The van der Waals surface area contributed by atoms with Crippen molar-refractivity contribution in [2.75, 3.05) is 0 Å². The van der Waals surface area contributed by atoms with E-state index in [1.165, 1.54) is 17.3 Å². The summed E-state index contributed by atoms with van der Waals surface area (Å²) in [6.45, 7) is 8.17. The van der Waals surface area contributed by atoms with Gasteiger partial charge < -0.3 is 0 Å². The van der Waals surface area contributed by atoms with E-state index in [1.807, 2.05) is 6.08 Å². The summed E-state index contributed by atoms with van der Waals surface area (Å²) in [6.07, 6.45) is 3.13. The molecule has 0 amide bonds. The van der Waals surface area contributed by atoms with Crippen LogP contribution in [0.2, 0.25) is 0 Å². The van der Waals surface area contributed by atoms with Crippen LogP contribution in [-0.2, 0) is 6.42 Å². The Labute approximate surface area is 64.1 Å². The first-order chi connectivity index (χ1) is 4.77. The zero-order chi connectivity index (χ0) is 7.56. The molecule has 10 heavy (non-hydrogen) atoms. The van der Waals surface area contributed by atoms with Gasteiger partial charge in [-0.25, -0.2) is 0 Å². The third-order valence-corrected chi connectivity index (χ3v) is 3.12. The van der Waals surface area contributed by atoms with Gasteiger partial charge in [0.1, 0.15) is 0 Å². The average molecular weight is 152 g/mol. The van der Waals surface area contributed by atoms with Crippen molar-refractivity contribution in [2.24, 2.45) is 0 Å². The van der Waals surface area contributed by atoms with Gasteiger partial charge in [-0.3, -0.25) is 0 Å². The number of rotatable bonds is 2. The molecule has 0 radical (unpaired) electrons. The van der Waals surface area contributed by atoms with E-state index in [1.54, 1.807) is 5.30 Å². The molecule has 0 fully saturated rings. The summed E-state index contributed by atoms with van der Waals surface area (Å²) in [6, 6.07) is 2.24. The van der Waals surface area contributed by atoms with E-state index in [0.717, 1.165) is 8.19 Å². The molecule has 0 saturated carbocycles. The van der Waals surface area contributed by atoms with E-state index in [2.05, 4.69) is 26.5 Å². The van der Waals surface area contributed by atoms with E-state index in [-0.39, 0.29) is 0 Å². The standard InChI is InChI=1S/C9H13P/c1-4-8-6-7(3)10-9(8)5-2/h4,6,10H,1,5H2,2-3H3. The molecule has 0 nitrogen and oxygen atoms in total. The maximum absolute atomic E-state index is 3.78. The average Bonchev–Trinajstić information content (AvgIpc) is 2.30. The molecule has 0 aliphatic rings. The normalized spacial score (nSPS) is 10.6. The molecule has 0 aromatic carbocycles. The molecule has 1 aromatic heterocycles. The summed E-state index contributed by atoms with van der Waals surface area (Å²) < 4.78 is 0. The molecule has 0 aliphatic heterocycles. The Kier molecular flexibility index (Phi) is 2.34. The highest BCUT2D eigenvalue weighted by Crippen LogP contribution is 2.27. The predicted molar refractivity (Wildman–Crippen MR) is 50.1 cm³/mol. The van der Waals surface area contributed by atoms with Crippen LogP contribution in [0.4, 0.5) is 0 Å². The van der Waals surface area contributed by atoms with Gasteiger partial charge in [-0.05, 0) is 35.6 Å². The lowest BCUT2D eigenvalue weighted by Gasteiger charge is -1.90. The van der Waals surface area contributed by atoms with E-state index in [0.29, 0.717) is 0 Å². The monoisotopic (exact) mass is 152 g/mol. The zero-order valence-corrected chi connectivity index (χ0v) is 7.57. The summed E-state index contributed by atoms with van der Waals surface area (Å²) in [5, 5.41) is 3.05. The Hall–Kier alpha value is -0.480. The fourth-order valence-electron chi connectivity index (χ4n) is 1.14. The van der Waals surface area contributed by atoms with Gasteiger partial charge in [0, 0.05) is 0 Å². The van der Waals surface area contributed by atoms with Crippen LogP contribution >= 0.6 is 8.19 Å². The highest BCUT2D eigenvalue weighted by molar-refractivity contribution is 7.32. The van der Waals surface area contributed by atoms with Crippen LogP contribution in [0.3, 0.4) is 0 Å². The first-order valence-electron chi connectivity index (χ1n) is 3.58. The Morgan fingerprint density at radius 3 is 2.80 bits per heavy atom. The van der Waals surface area contributed by atoms with Gasteiger partial charge in [-0.2, -0.15) is 0 Å². The van der Waals surface area contributed by atoms with Crippen molar-refractivity contribution in [3.05, 3.63) is 28.8 Å². The molecule has 0 bridgehead atoms. The third-order valence-electron chi connectivity index (χ3n) is 1.64. The van der Waals surface area contributed by atoms with Crippen molar-refractivity contribution in [2.45, 2.75) is 20.3 Å². The highest BCUT2D eigenvalue weighted by Gasteiger charge is 1.98. The van der Waals surface area contributed by atoms with Gasteiger partial charge in [-0.1, -0.05) is 19.6 Å². The molecule has 1 heteroatoms. The molecule has 1 rings (SSSR count). The van der Waals surface area contributed by atoms with Crippen LogP contribution < -0.4 is 0 Å². The lowest BCUT2D eigenvalue weighted by atomic mass is 10.2. The first kappa shape index (κ1) is 7.63. The lowest BCUT2D eigenvalue weighted by Crippen LogP contribution is -1.72. The first-order valence-corrected chi connectivity index (χ1v) is 4.58.